The van der Waals surface area contributed by atoms with Gasteiger partial charge in [-0.2, -0.15) is 5.10 Å². The average molecular weight is 789 g/mol. The van der Waals surface area contributed by atoms with E-state index in [1.165, 1.54) is 17.7 Å². The van der Waals surface area contributed by atoms with Crippen molar-refractivity contribution in [1.29, 1.82) is 0 Å². The van der Waals surface area contributed by atoms with Gasteiger partial charge in [0.1, 0.15) is 11.5 Å². The standard InChI is InChI=1S/C44H56N10O4/c1-28(4-9-41(56)47-27-55)54-43(57)36-7-6-35(22-37(36)44(54)58)51-18-13-31(14-19-51)25-50-16-11-32(12-17-50)26-53-29(2)23-52(24-30(53)3)40-20-33(10-15-46-40)42-38-21-34(45)5-8-39(38)48-49-42/h5-8,10,15,20-22,27-32H,4,9,11-14,16-19,23-26,45H2,1-3H3,(H,48,49)(H,47,55,56). The number of anilines is 3. The largest absolute Gasteiger partial charge is 0.399 e. The highest BCUT2D eigenvalue weighted by Crippen LogP contribution is 2.34. The quantitative estimate of drug-likeness (QED) is 0.103. The van der Waals surface area contributed by atoms with Gasteiger partial charge in [-0.1, -0.05) is 0 Å². The van der Waals surface area contributed by atoms with E-state index >= 15 is 0 Å². The summed E-state index contributed by atoms with van der Waals surface area (Å²) >= 11 is 0. The summed E-state index contributed by atoms with van der Waals surface area (Å²) in [5.74, 6) is 1.26. The Bertz CT molecular complexity index is 2140. The molecule has 4 amide bonds. The van der Waals surface area contributed by atoms with Crippen molar-refractivity contribution < 1.29 is 19.2 Å². The second kappa shape index (κ2) is 16.9. The Labute approximate surface area is 340 Å². The second-order valence-corrected chi connectivity index (χ2v) is 17.0. The number of carbonyl (C=O) groups excluding carboxylic acids is 4. The van der Waals surface area contributed by atoms with Gasteiger partial charge in [0.15, 0.2) is 0 Å². The van der Waals surface area contributed by atoms with Gasteiger partial charge in [-0.15, -0.1) is 0 Å². The fourth-order valence-corrected chi connectivity index (χ4v) is 9.73. The highest BCUT2D eigenvalue weighted by Gasteiger charge is 2.39. The molecule has 3 atom stereocenters. The molecule has 14 nitrogen and oxygen atoms in total. The fraction of sp³-hybridized carbons (Fsp3) is 0.500. The third-order valence-electron chi connectivity index (χ3n) is 13.1. The van der Waals surface area contributed by atoms with Gasteiger partial charge in [0.2, 0.25) is 12.3 Å². The highest BCUT2D eigenvalue weighted by atomic mass is 16.2. The normalized spacial score (nSPS) is 21.8. The minimum Gasteiger partial charge on any atom is -0.399 e. The smallest absolute Gasteiger partial charge is 0.261 e. The molecule has 4 aromatic rings. The van der Waals surface area contributed by atoms with E-state index in [4.69, 9.17) is 10.7 Å². The van der Waals surface area contributed by atoms with Crippen molar-refractivity contribution in [3.8, 4) is 11.3 Å². The summed E-state index contributed by atoms with van der Waals surface area (Å²) in [6.45, 7) is 14.8. The number of hydrogen-bond acceptors (Lipinski definition) is 11. The van der Waals surface area contributed by atoms with Gasteiger partial charge in [-0.3, -0.25) is 39.4 Å². The lowest BCUT2D eigenvalue weighted by Gasteiger charge is -2.47. The molecular weight excluding hydrogens is 733 g/mol. The maximum Gasteiger partial charge on any atom is 0.261 e. The van der Waals surface area contributed by atoms with Crippen LogP contribution in [0, 0.1) is 11.8 Å². The molecule has 3 saturated heterocycles. The molecule has 2 aromatic heterocycles. The van der Waals surface area contributed by atoms with Crippen LogP contribution >= 0.6 is 0 Å². The first-order valence-electron chi connectivity index (χ1n) is 21.0. The number of amides is 4. The number of pyridine rings is 1. The molecule has 0 radical (unpaired) electrons. The van der Waals surface area contributed by atoms with Gasteiger partial charge in [0.05, 0.1) is 16.6 Å². The molecule has 4 aliphatic heterocycles. The first kappa shape index (κ1) is 39.5. The topological polar surface area (TPSA) is 164 Å². The highest BCUT2D eigenvalue weighted by molar-refractivity contribution is 6.22. The SMILES string of the molecule is CC(CCC(=O)NC=O)N1C(=O)c2ccc(N3CCC(CN4CCC(CN5C(C)CN(c6cc(-c7n[nH]c8ccc(N)cc78)ccn6)CC5C)CC4)CC3)cc2C1=O. The summed E-state index contributed by atoms with van der Waals surface area (Å²) in [5.41, 5.74) is 11.5. The minimum atomic E-state index is -0.457. The number of piperidine rings is 2. The second-order valence-electron chi connectivity index (χ2n) is 17.0. The molecule has 0 spiro atoms. The number of benzene rings is 2. The van der Waals surface area contributed by atoms with E-state index in [0.717, 1.165) is 105 Å². The van der Waals surface area contributed by atoms with E-state index < -0.39 is 11.9 Å². The number of nitrogen functional groups attached to an aromatic ring is 1. The number of nitrogens with one attached hydrogen (secondary N) is 2. The van der Waals surface area contributed by atoms with Crippen LogP contribution in [0.5, 0.6) is 0 Å². The molecule has 3 unspecified atom stereocenters. The molecule has 0 bridgehead atoms. The van der Waals surface area contributed by atoms with Gasteiger partial charge >= 0.3 is 0 Å². The molecule has 3 fully saturated rings. The van der Waals surface area contributed by atoms with E-state index in [9.17, 15) is 19.2 Å². The van der Waals surface area contributed by atoms with E-state index in [1.807, 2.05) is 42.6 Å². The van der Waals surface area contributed by atoms with Crippen molar-refractivity contribution in [2.45, 2.75) is 77.4 Å². The molecule has 306 valence electrons. The third kappa shape index (κ3) is 8.17. The lowest BCUT2D eigenvalue weighted by Crippen LogP contribution is -2.58. The van der Waals surface area contributed by atoms with Crippen LogP contribution in [0.3, 0.4) is 0 Å². The molecule has 4 aliphatic rings. The number of nitrogens with zero attached hydrogens (tertiary/aromatic N) is 7. The van der Waals surface area contributed by atoms with Gasteiger partial charge in [0.25, 0.3) is 11.8 Å². The van der Waals surface area contributed by atoms with Crippen LogP contribution in [0.15, 0.2) is 54.7 Å². The van der Waals surface area contributed by atoms with Crippen LogP contribution in [0.1, 0.15) is 80.0 Å². The summed E-state index contributed by atoms with van der Waals surface area (Å²) < 4.78 is 0. The number of rotatable bonds is 12. The van der Waals surface area contributed by atoms with Crippen LogP contribution < -0.4 is 20.9 Å². The van der Waals surface area contributed by atoms with Crippen molar-refractivity contribution in [2.75, 3.05) is 67.9 Å². The lowest BCUT2D eigenvalue weighted by molar-refractivity contribution is -0.125. The molecule has 6 heterocycles. The van der Waals surface area contributed by atoms with E-state index in [2.05, 4.69) is 55.0 Å². The Hall–Kier alpha value is -5.34. The van der Waals surface area contributed by atoms with Gasteiger partial charge in [-0.25, -0.2) is 4.98 Å². The molecule has 14 heteroatoms. The molecule has 8 rings (SSSR count). The number of likely N-dealkylation sites (tertiary alicyclic amines) is 1. The predicted octanol–water partition coefficient (Wildman–Crippen LogP) is 4.77. The Morgan fingerprint density at radius 3 is 2.34 bits per heavy atom. The Balaban J connectivity index is 0.784. The van der Waals surface area contributed by atoms with Crippen molar-refractivity contribution in [2.24, 2.45) is 11.8 Å². The summed E-state index contributed by atoms with van der Waals surface area (Å²) in [6, 6.07) is 16.0. The number of piperazine rings is 1. The molecule has 2 aromatic carbocycles. The third-order valence-corrected chi connectivity index (χ3v) is 13.1. The van der Waals surface area contributed by atoms with Crippen molar-refractivity contribution in [3.63, 3.8) is 0 Å². The molecule has 4 N–H and O–H groups in total. The number of imide groups is 2. The van der Waals surface area contributed by atoms with Gasteiger partial charge in [-0.05, 0) is 126 Å². The lowest BCUT2D eigenvalue weighted by atomic mass is 9.91. The molecular formula is C44H56N10O4. The van der Waals surface area contributed by atoms with Crippen molar-refractivity contribution in [1.82, 2.24) is 35.2 Å². The van der Waals surface area contributed by atoms with Gasteiger partial charge < -0.3 is 20.4 Å². The van der Waals surface area contributed by atoms with Crippen LogP contribution in [-0.2, 0) is 9.59 Å². The fourth-order valence-electron chi connectivity index (χ4n) is 9.73. The molecule has 0 aliphatic carbocycles. The average Bonchev–Trinajstić information content (AvgIpc) is 3.76. The van der Waals surface area contributed by atoms with E-state index in [1.54, 1.807) is 13.0 Å². The monoisotopic (exact) mass is 788 g/mol. The van der Waals surface area contributed by atoms with E-state index in [0.29, 0.717) is 41.5 Å². The number of aromatic amines is 1. The summed E-state index contributed by atoms with van der Waals surface area (Å²) in [5, 5.41) is 10.9. The number of hydrogen-bond donors (Lipinski definition) is 3. The van der Waals surface area contributed by atoms with Crippen molar-refractivity contribution in [3.05, 3.63) is 65.9 Å². The molecule has 0 saturated carbocycles. The number of fused-ring (bicyclic) bond motifs is 2. The van der Waals surface area contributed by atoms with E-state index in [-0.39, 0.29) is 24.7 Å². The van der Waals surface area contributed by atoms with Crippen LogP contribution in [0.4, 0.5) is 17.2 Å². The summed E-state index contributed by atoms with van der Waals surface area (Å²) in [4.78, 5) is 65.0. The van der Waals surface area contributed by atoms with Crippen molar-refractivity contribution >= 4 is 52.2 Å². The number of nitrogens with two attached hydrogens (primary N) is 1. The summed E-state index contributed by atoms with van der Waals surface area (Å²) in [6.07, 6.45) is 7.23. The zero-order valence-electron chi connectivity index (χ0n) is 33.9. The maximum absolute atomic E-state index is 13.4. The summed E-state index contributed by atoms with van der Waals surface area (Å²) in [7, 11) is 0. The Morgan fingerprint density at radius 1 is 0.897 bits per heavy atom. The Kier molecular flexibility index (Phi) is 11.5. The molecule has 58 heavy (non-hydrogen) atoms. The minimum absolute atomic E-state index is 0.0567. The number of aromatic nitrogens is 3. The first-order valence-corrected chi connectivity index (χ1v) is 21.0. The van der Waals surface area contributed by atoms with Crippen LogP contribution in [0.25, 0.3) is 22.2 Å². The maximum atomic E-state index is 13.4. The van der Waals surface area contributed by atoms with Crippen LogP contribution in [-0.4, -0.2) is 124 Å². The zero-order valence-corrected chi connectivity index (χ0v) is 33.9. The Morgan fingerprint density at radius 2 is 1.60 bits per heavy atom. The first-order chi connectivity index (χ1) is 28.1. The number of carbonyl (C=O) groups is 4. The number of H-pyrrole nitrogens is 1. The zero-order chi connectivity index (χ0) is 40.5. The predicted molar refractivity (Wildman–Crippen MR) is 226 cm³/mol. The van der Waals surface area contributed by atoms with Gasteiger partial charge in [0, 0.05) is 92.3 Å². The van der Waals surface area contributed by atoms with Crippen LogP contribution in [0.2, 0.25) is 0 Å².